The number of aromatic hydroxyl groups is 1. The molecule has 0 unspecified atom stereocenters. The third-order valence-electron chi connectivity index (χ3n) is 4.06. The Morgan fingerprint density at radius 1 is 1.07 bits per heavy atom. The zero-order chi connectivity index (χ0) is 21.9. The van der Waals surface area contributed by atoms with Crippen LogP contribution < -0.4 is 16.4 Å². The highest BCUT2D eigenvalue weighted by Crippen LogP contribution is 2.30. The number of benzene rings is 2. The van der Waals surface area contributed by atoms with E-state index >= 15 is 0 Å². The molecule has 0 aliphatic carbocycles. The number of urea groups is 1. The van der Waals surface area contributed by atoms with Crippen molar-refractivity contribution in [2.24, 2.45) is 5.73 Å². The molecule has 156 valence electrons. The van der Waals surface area contributed by atoms with E-state index < -0.39 is 29.6 Å². The fraction of sp³-hybridized carbons (Fsp3) is 0.105. The van der Waals surface area contributed by atoms with Gasteiger partial charge >= 0.3 is 12.2 Å². The number of alkyl halides is 3. The first-order chi connectivity index (χ1) is 14.1. The Labute approximate surface area is 168 Å². The van der Waals surface area contributed by atoms with Gasteiger partial charge in [-0.1, -0.05) is 18.2 Å². The van der Waals surface area contributed by atoms with Gasteiger partial charge < -0.3 is 26.0 Å². The Morgan fingerprint density at radius 3 is 2.37 bits per heavy atom. The van der Waals surface area contributed by atoms with Crippen molar-refractivity contribution < 1.29 is 27.9 Å². The highest BCUT2D eigenvalue weighted by Gasteiger charge is 2.30. The van der Waals surface area contributed by atoms with Crippen molar-refractivity contribution in [3.8, 4) is 5.88 Å². The number of halogens is 3. The van der Waals surface area contributed by atoms with Gasteiger partial charge in [-0.3, -0.25) is 4.79 Å². The number of hydrogen-bond donors (Lipinski definition) is 4. The molecule has 0 fully saturated rings. The van der Waals surface area contributed by atoms with E-state index in [9.17, 15) is 27.9 Å². The van der Waals surface area contributed by atoms with Crippen LogP contribution in [-0.4, -0.2) is 26.6 Å². The third kappa shape index (κ3) is 4.87. The standard InChI is InChI=1S/C19H16F3N5O3/c20-19(21,22)12-2-1-3-14(8-12)26-18(30)25-13-6-4-11(5-7-13)9-27-10-24-17(29)15(27)16(23)28/h1-8,10,29H,9H2,(H2,23,28)(H2,25,26,30). The van der Waals surface area contributed by atoms with E-state index in [1.165, 1.54) is 23.0 Å². The number of aromatic nitrogens is 2. The SMILES string of the molecule is NC(=O)c1c(O)ncn1Cc1ccc(NC(=O)Nc2cccc(C(F)(F)F)c2)cc1. The molecule has 0 bridgehead atoms. The number of carbonyl (C=O) groups is 2. The third-order valence-corrected chi connectivity index (χ3v) is 4.06. The molecule has 5 N–H and O–H groups in total. The second-order valence-corrected chi connectivity index (χ2v) is 6.26. The highest BCUT2D eigenvalue weighted by molar-refractivity contribution is 5.99. The Kier molecular flexibility index (Phi) is 5.63. The fourth-order valence-electron chi connectivity index (χ4n) is 2.70. The number of amides is 3. The quantitative estimate of drug-likeness (QED) is 0.506. The summed E-state index contributed by atoms with van der Waals surface area (Å²) in [6.45, 7) is 0.197. The Morgan fingerprint density at radius 2 is 1.73 bits per heavy atom. The number of primary amides is 1. The first-order valence-corrected chi connectivity index (χ1v) is 8.51. The highest BCUT2D eigenvalue weighted by atomic mass is 19.4. The number of carbonyl (C=O) groups excluding carboxylic acids is 2. The topological polar surface area (TPSA) is 122 Å². The van der Waals surface area contributed by atoms with Gasteiger partial charge in [-0.05, 0) is 35.9 Å². The van der Waals surface area contributed by atoms with E-state index in [4.69, 9.17) is 5.73 Å². The van der Waals surface area contributed by atoms with E-state index in [2.05, 4.69) is 15.6 Å². The lowest BCUT2D eigenvalue weighted by Crippen LogP contribution is -2.20. The molecule has 0 atom stereocenters. The van der Waals surface area contributed by atoms with E-state index in [0.29, 0.717) is 5.69 Å². The number of imidazole rings is 1. The minimum absolute atomic E-state index is 0.00200. The molecule has 8 nitrogen and oxygen atoms in total. The van der Waals surface area contributed by atoms with Gasteiger partial charge in [0.05, 0.1) is 11.9 Å². The second-order valence-electron chi connectivity index (χ2n) is 6.26. The van der Waals surface area contributed by atoms with Crippen LogP contribution in [0, 0.1) is 0 Å². The van der Waals surface area contributed by atoms with Crippen LogP contribution in [0.25, 0.3) is 0 Å². The summed E-state index contributed by atoms with van der Waals surface area (Å²) >= 11 is 0. The number of nitrogens with two attached hydrogens (primary N) is 1. The van der Waals surface area contributed by atoms with Gasteiger partial charge in [-0.15, -0.1) is 0 Å². The summed E-state index contributed by atoms with van der Waals surface area (Å²) in [5.74, 6) is -1.29. The molecule has 0 saturated carbocycles. The maximum atomic E-state index is 12.7. The first kappa shape index (κ1) is 20.7. The average molecular weight is 419 g/mol. The average Bonchev–Trinajstić information content (AvgIpc) is 3.03. The molecule has 3 aromatic rings. The van der Waals surface area contributed by atoms with Crippen molar-refractivity contribution >= 4 is 23.3 Å². The predicted octanol–water partition coefficient (Wildman–Crippen LogP) is 3.40. The molecule has 2 aromatic carbocycles. The molecule has 0 saturated heterocycles. The van der Waals surface area contributed by atoms with E-state index in [1.807, 2.05) is 0 Å². The lowest BCUT2D eigenvalue weighted by atomic mass is 10.2. The molecule has 1 heterocycles. The normalized spacial score (nSPS) is 11.2. The molecule has 3 rings (SSSR count). The minimum Gasteiger partial charge on any atom is -0.492 e. The Bertz CT molecular complexity index is 1080. The molecule has 3 amide bonds. The van der Waals surface area contributed by atoms with Crippen LogP contribution in [0.3, 0.4) is 0 Å². The molecule has 0 aliphatic heterocycles. The summed E-state index contributed by atoms with van der Waals surface area (Å²) in [4.78, 5) is 27.1. The molecular formula is C19H16F3N5O3. The molecule has 11 heteroatoms. The number of hydrogen-bond acceptors (Lipinski definition) is 4. The van der Waals surface area contributed by atoms with Crippen molar-refractivity contribution in [3.05, 3.63) is 71.7 Å². The molecule has 0 aliphatic rings. The van der Waals surface area contributed by atoms with Crippen LogP contribution in [0.1, 0.15) is 21.6 Å². The molecule has 1 aromatic heterocycles. The zero-order valence-electron chi connectivity index (χ0n) is 15.3. The van der Waals surface area contributed by atoms with Crippen LogP contribution in [0.15, 0.2) is 54.9 Å². The summed E-state index contributed by atoms with van der Waals surface area (Å²) in [5, 5.41) is 14.4. The van der Waals surface area contributed by atoms with E-state index in [-0.39, 0.29) is 17.9 Å². The zero-order valence-corrected chi connectivity index (χ0v) is 15.3. The fourth-order valence-corrected chi connectivity index (χ4v) is 2.70. The van der Waals surface area contributed by atoms with Gasteiger partial charge in [0, 0.05) is 17.9 Å². The maximum Gasteiger partial charge on any atom is 0.416 e. The van der Waals surface area contributed by atoms with Gasteiger partial charge in [0.1, 0.15) is 0 Å². The minimum atomic E-state index is -4.51. The predicted molar refractivity (Wildman–Crippen MR) is 102 cm³/mol. The second kappa shape index (κ2) is 8.15. The summed E-state index contributed by atoms with van der Waals surface area (Å²) < 4.78 is 39.6. The van der Waals surface area contributed by atoms with Crippen molar-refractivity contribution in [1.29, 1.82) is 0 Å². The number of nitrogens with zero attached hydrogens (tertiary/aromatic N) is 2. The molecular weight excluding hydrogens is 403 g/mol. The summed E-state index contributed by atoms with van der Waals surface area (Å²) in [5.41, 5.74) is 5.33. The van der Waals surface area contributed by atoms with E-state index in [0.717, 1.165) is 17.7 Å². The van der Waals surface area contributed by atoms with Gasteiger partial charge in [-0.25, -0.2) is 9.78 Å². The van der Waals surface area contributed by atoms with Crippen molar-refractivity contribution in [3.63, 3.8) is 0 Å². The maximum absolute atomic E-state index is 12.7. The Balaban J connectivity index is 1.63. The van der Waals surface area contributed by atoms with Gasteiger partial charge in [0.25, 0.3) is 5.91 Å². The van der Waals surface area contributed by atoms with Crippen molar-refractivity contribution in [2.75, 3.05) is 10.6 Å². The molecule has 0 spiro atoms. The Hall–Kier alpha value is -4.02. The van der Waals surface area contributed by atoms with Crippen LogP contribution in [0.4, 0.5) is 29.3 Å². The molecule has 30 heavy (non-hydrogen) atoms. The molecule has 0 radical (unpaired) electrons. The van der Waals surface area contributed by atoms with Crippen LogP contribution in [0.5, 0.6) is 5.88 Å². The van der Waals surface area contributed by atoms with Crippen molar-refractivity contribution in [2.45, 2.75) is 12.7 Å². The lowest BCUT2D eigenvalue weighted by Gasteiger charge is -2.11. The largest absolute Gasteiger partial charge is 0.492 e. The van der Waals surface area contributed by atoms with Gasteiger partial charge in [0.15, 0.2) is 5.69 Å². The lowest BCUT2D eigenvalue weighted by molar-refractivity contribution is -0.137. The first-order valence-electron chi connectivity index (χ1n) is 8.51. The number of rotatable bonds is 5. The van der Waals surface area contributed by atoms with E-state index in [1.54, 1.807) is 24.3 Å². The smallest absolute Gasteiger partial charge is 0.416 e. The summed E-state index contributed by atoms with van der Waals surface area (Å²) in [6, 6.07) is 10.0. The van der Waals surface area contributed by atoms with Crippen LogP contribution >= 0.6 is 0 Å². The number of anilines is 2. The van der Waals surface area contributed by atoms with Crippen LogP contribution in [-0.2, 0) is 12.7 Å². The van der Waals surface area contributed by atoms with Gasteiger partial charge in [-0.2, -0.15) is 13.2 Å². The number of nitrogens with one attached hydrogen (secondary N) is 2. The van der Waals surface area contributed by atoms with Crippen molar-refractivity contribution in [1.82, 2.24) is 9.55 Å². The van der Waals surface area contributed by atoms with Crippen LogP contribution in [0.2, 0.25) is 0 Å². The summed E-state index contributed by atoms with van der Waals surface area (Å²) in [7, 11) is 0. The monoisotopic (exact) mass is 419 g/mol. The van der Waals surface area contributed by atoms with Gasteiger partial charge in [0.2, 0.25) is 5.88 Å². The summed E-state index contributed by atoms with van der Waals surface area (Å²) in [6.07, 6.45) is -3.24.